The molecular formula is C21H13Cl2N3O2. The van der Waals surface area contributed by atoms with E-state index in [0.717, 1.165) is 4.68 Å². The minimum Gasteiger partial charge on any atom is -0.267 e. The molecule has 4 aromatic rings. The van der Waals surface area contributed by atoms with E-state index in [1.54, 1.807) is 72.8 Å². The summed E-state index contributed by atoms with van der Waals surface area (Å²) in [5.74, 6) is -0.250. The van der Waals surface area contributed by atoms with Gasteiger partial charge in [0.2, 0.25) is 0 Å². The summed E-state index contributed by atoms with van der Waals surface area (Å²) in [6.45, 7) is 0. The van der Waals surface area contributed by atoms with Crippen molar-refractivity contribution in [1.82, 2.24) is 9.66 Å². The Morgan fingerprint density at radius 2 is 1.68 bits per heavy atom. The molecule has 3 aromatic carbocycles. The number of rotatable bonds is 3. The number of nitrogens with one attached hydrogen (secondary N) is 1. The Morgan fingerprint density at radius 1 is 0.929 bits per heavy atom. The van der Waals surface area contributed by atoms with Crippen LogP contribution in [0.2, 0.25) is 10.0 Å². The van der Waals surface area contributed by atoms with E-state index in [2.05, 4.69) is 10.4 Å². The zero-order valence-corrected chi connectivity index (χ0v) is 15.9. The van der Waals surface area contributed by atoms with Crippen molar-refractivity contribution in [3.05, 3.63) is 98.8 Å². The first-order valence-electron chi connectivity index (χ1n) is 8.38. The molecule has 1 heterocycles. The fraction of sp³-hybridized carbons (Fsp3) is 0. The maximum Gasteiger partial charge on any atom is 0.280 e. The van der Waals surface area contributed by atoms with Gasteiger partial charge in [-0.25, -0.2) is 4.98 Å². The molecule has 28 heavy (non-hydrogen) atoms. The van der Waals surface area contributed by atoms with Gasteiger partial charge in [0.05, 0.1) is 21.5 Å². The van der Waals surface area contributed by atoms with Gasteiger partial charge in [-0.05, 0) is 36.4 Å². The second kappa shape index (κ2) is 7.46. The van der Waals surface area contributed by atoms with Crippen LogP contribution in [0, 0.1) is 0 Å². The van der Waals surface area contributed by atoms with Crippen LogP contribution in [0.5, 0.6) is 0 Å². The Bertz CT molecular complexity index is 1270. The van der Waals surface area contributed by atoms with Crippen LogP contribution in [0.3, 0.4) is 0 Å². The number of para-hydroxylation sites is 1. The number of carbonyl (C=O) groups excluding carboxylic acids is 1. The van der Waals surface area contributed by atoms with Crippen LogP contribution >= 0.6 is 23.2 Å². The fourth-order valence-electron chi connectivity index (χ4n) is 2.86. The first-order valence-corrected chi connectivity index (χ1v) is 9.14. The van der Waals surface area contributed by atoms with Crippen molar-refractivity contribution in [3.8, 4) is 11.4 Å². The van der Waals surface area contributed by atoms with Gasteiger partial charge in [-0.15, -0.1) is 0 Å². The van der Waals surface area contributed by atoms with E-state index in [1.807, 2.05) is 0 Å². The van der Waals surface area contributed by atoms with Gasteiger partial charge in [-0.2, -0.15) is 4.68 Å². The van der Waals surface area contributed by atoms with Crippen LogP contribution in [0.1, 0.15) is 10.4 Å². The number of nitrogens with zero attached hydrogens (tertiary/aromatic N) is 2. The molecule has 0 aliphatic rings. The van der Waals surface area contributed by atoms with E-state index in [4.69, 9.17) is 23.2 Å². The summed E-state index contributed by atoms with van der Waals surface area (Å²) in [7, 11) is 0. The van der Waals surface area contributed by atoms with E-state index in [9.17, 15) is 9.59 Å². The molecule has 4 rings (SSSR count). The second-order valence-electron chi connectivity index (χ2n) is 6.02. The number of aromatic nitrogens is 2. The quantitative estimate of drug-likeness (QED) is 0.530. The lowest BCUT2D eigenvalue weighted by Gasteiger charge is -2.15. The Morgan fingerprint density at radius 3 is 2.46 bits per heavy atom. The topological polar surface area (TPSA) is 64.0 Å². The molecule has 0 saturated heterocycles. The lowest BCUT2D eigenvalue weighted by atomic mass is 10.2. The molecule has 0 saturated carbocycles. The molecule has 7 heteroatoms. The normalized spacial score (nSPS) is 10.8. The molecular weight excluding hydrogens is 397 g/mol. The molecule has 0 aliphatic carbocycles. The molecule has 1 aromatic heterocycles. The SMILES string of the molecule is O=C(Nn1c(-c2cccc(Cl)c2)nc2ccccc2c1=O)c1ccccc1Cl. The number of carbonyl (C=O) groups is 1. The minimum atomic E-state index is -0.520. The van der Waals surface area contributed by atoms with E-state index in [-0.39, 0.29) is 16.4 Å². The molecule has 0 unspecified atom stereocenters. The molecule has 1 N–H and O–H groups in total. The van der Waals surface area contributed by atoms with Crippen LogP contribution in [-0.4, -0.2) is 15.6 Å². The van der Waals surface area contributed by atoms with Crippen molar-refractivity contribution in [3.63, 3.8) is 0 Å². The Labute approximate surface area is 170 Å². The highest BCUT2D eigenvalue weighted by Crippen LogP contribution is 2.22. The summed E-state index contributed by atoms with van der Waals surface area (Å²) in [5, 5.41) is 1.16. The first-order chi connectivity index (χ1) is 13.5. The Hall–Kier alpha value is -3.15. The highest BCUT2D eigenvalue weighted by atomic mass is 35.5. The van der Waals surface area contributed by atoms with Gasteiger partial charge < -0.3 is 0 Å². The molecule has 0 aliphatic heterocycles. The average molecular weight is 410 g/mol. The van der Waals surface area contributed by atoms with Gasteiger partial charge >= 0.3 is 0 Å². The zero-order valence-electron chi connectivity index (χ0n) is 14.4. The number of hydrogen-bond donors (Lipinski definition) is 1. The molecule has 0 radical (unpaired) electrons. The van der Waals surface area contributed by atoms with E-state index < -0.39 is 11.5 Å². The lowest BCUT2D eigenvalue weighted by Crippen LogP contribution is -2.35. The molecule has 5 nitrogen and oxygen atoms in total. The zero-order chi connectivity index (χ0) is 19.7. The van der Waals surface area contributed by atoms with Crippen molar-refractivity contribution in [2.75, 3.05) is 5.43 Å². The van der Waals surface area contributed by atoms with E-state index >= 15 is 0 Å². The number of benzene rings is 3. The molecule has 0 spiro atoms. The van der Waals surface area contributed by atoms with Gasteiger partial charge in [-0.3, -0.25) is 15.0 Å². The smallest absolute Gasteiger partial charge is 0.267 e. The monoisotopic (exact) mass is 409 g/mol. The number of hydrogen-bond acceptors (Lipinski definition) is 3. The van der Waals surface area contributed by atoms with Crippen LogP contribution in [-0.2, 0) is 0 Å². The second-order valence-corrected chi connectivity index (χ2v) is 6.87. The van der Waals surface area contributed by atoms with Gasteiger partial charge in [0.1, 0.15) is 0 Å². The van der Waals surface area contributed by atoms with Crippen LogP contribution in [0.25, 0.3) is 22.3 Å². The van der Waals surface area contributed by atoms with Crippen molar-refractivity contribution in [1.29, 1.82) is 0 Å². The van der Waals surface area contributed by atoms with Crippen molar-refractivity contribution >= 4 is 40.0 Å². The molecule has 138 valence electrons. The molecule has 0 atom stereocenters. The fourth-order valence-corrected chi connectivity index (χ4v) is 3.28. The van der Waals surface area contributed by atoms with E-state index in [0.29, 0.717) is 21.5 Å². The summed E-state index contributed by atoms with van der Waals surface area (Å²) in [5.41, 5.74) is 3.58. The van der Waals surface area contributed by atoms with Crippen LogP contribution in [0.4, 0.5) is 0 Å². The van der Waals surface area contributed by atoms with E-state index in [1.165, 1.54) is 0 Å². The third-order valence-corrected chi connectivity index (χ3v) is 4.76. The van der Waals surface area contributed by atoms with Crippen LogP contribution < -0.4 is 11.0 Å². The lowest BCUT2D eigenvalue weighted by molar-refractivity contribution is 0.101. The third-order valence-electron chi connectivity index (χ3n) is 4.19. The largest absolute Gasteiger partial charge is 0.280 e. The Balaban J connectivity index is 1.92. The Kier molecular flexibility index (Phi) is 4.86. The van der Waals surface area contributed by atoms with Crippen molar-refractivity contribution < 1.29 is 4.79 Å². The molecule has 1 amide bonds. The van der Waals surface area contributed by atoms with Gasteiger partial charge in [0, 0.05) is 10.6 Å². The molecule has 0 fully saturated rings. The van der Waals surface area contributed by atoms with Gasteiger partial charge in [-0.1, -0.05) is 59.6 Å². The maximum absolute atomic E-state index is 13.1. The highest BCUT2D eigenvalue weighted by Gasteiger charge is 2.17. The van der Waals surface area contributed by atoms with Crippen molar-refractivity contribution in [2.45, 2.75) is 0 Å². The number of halogens is 2. The number of amides is 1. The predicted molar refractivity (Wildman–Crippen MR) is 112 cm³/mol. The summed E-state index contributed by atoms with van der Waals surface area (Å²) in [6, 6.07) is 20.4. The first kappa shape index (κ1) is 18.2. The standard InChI is InChI=1S/C21H13Cl2N3O2/c22-14-7-5-6-13(12-14)19-24-18-11-4-2-9-16(18)21(28)26(19)25-20(27)15-8-1-3-10-17(15)23/h1-12H,(H,25,27). The predicted octanol–water partition coefficient (Wildman–Crippen LogP) is 4.75. The summed E-state index contributed by atoms with van der Waals surface area (Å²) >= 11 is 12.2. The number of fused-ring (bicyclic) bond motifs is 1. The summed E-state index contributed by atoms with van der Waals surface area (Å²) < 4.78 is 1.12. The third kappa shape index (κ3) is 3.38. The van der Waals surface area contributed by atoms with Gasteiger partial charge in [0.15, 0.2) is 5.82 Å². The molecule has 0 bridgehead atoms. The highest BCUT2D eigenvalue weighted by molar-refractivity contribution is 6.34. The minimum absolute atomic E-state index is 0.251. The average Bonchev–Trinajstić information content (AvgIpc) is 2.70. The maximum atomic E-state index is 13.1. The summed E-state index contributed by atoms with van der Waals surface area (Å²) in [4.78, 5) is 30.4. The van der Waals surface area contributed by atoms with Crippen molar-refractivity contribution in [2.24, 2.45) is 0 Å². The van der Waals surface area contributed by atoms with Crippen LogP contribution in [0.15, 0.2) is 77.6 Å². The van der Waals surface area contributed by atoms with Gasteiger partial charge in [0.25, 0.3) is 11.5 Å². The summed E-state index contributed by atoms with van der Waals surface area (Å²) in [6.07, 6.45) is 0.